The van der Waals surface area contributed by atoms with Crippen LogP contribution in [-0.4, -0.2) is 18.5 Å². The molecular weight excluding hydrogens is 512 g/mol. The zero-order valence-corrected chi connectivity index (χ0v) is 23.3. The second kappa shape index (κ2) is 9.88. The van der Waals surface area contributed by atoms with E-state index in [9.17, 15) is 0 Å². The maximum Gasteiger partial charge on any atom is -1.00 e. The van der Waals surface area contributed by atoms with Crippen LogP contribution in [0.25, 0.3) is 17.2 Å². The van der Waals surface area contributed by atoms with Crippen molar-refractivity contribution in [1.82, 2.24) is 4.90 Å². The Bertz CT molecular complexity index is 1160. The first kappa shape index (κ1) is 25.3. The first-order valence-electron chi connectivity index (χ1n) is 11.0. The van der Waals surface area contributed by atoms with Crippen molar-refractivity contribution in [3.05, 3.63) is 97.0 Å². The molecule has 0 fully saturated rings. The summed E-state index contributed by atoms with van der Waals surface area (Å²) in [6.45, 7) is 10.5. The van der Waals surface area contributed by atoms with Gasteiger partial charge >= 0.3 is 193 Å². The standard InChI is InChI=1S/C17H15.C11H14N.2ClH.Zr/c1-12-10-16-13(2)8-9-15(17(16)11-12)14-6-4-3-5-7-14;1-8(2)10-6-9-4-5-12(3)11(9)7-10;;;/h3-11H,1-2H3;4,7-8H,5H2,1-3H3;2*1H;/q;;;;+2/p-2. The number of rotatable bonds is 4. The van der Waals surface area contributed by atoms with Crippen LogP contribution in [0.5, 0.6) is 0 Å². The second-order valence-electron chi connectivity index (χ2n) is 9.10. The molecular formula is C28H29Cl2NZr. The van der Waals surface area contributed by atoms with E-state index in [1.54, 1.807) is 25.6 Å². The van der Waals surface area contributed by atoms with Gasteiger partial charge in [0.2, 0.25) is 0 Å². The Morgan fingerprint density at radius 3 is 2.38 bits per heavy atom. The average molecular weight is 542 g/mol. The molecule has 1 unspecified atom stereocenters. The van der Waals surface area contributed by atoms with Crippen molar-refractivity contribution in [1.29, 1.82) is 0 Å². The van der Waals surface area contributed by atoms with E-state index in [-0.39, 0.29) is 24.8 Å². The van der Waals surface area contributed by atoms with E-state index in [1.165, 1.54) is 28.0 Å². The van der Waals surface area contributed by atoms with Gasteiger partial charge in [-0.15, -0.1) is 0 Å². The first-order chi connectivity index (χ1) is 14.5. The number of hydrogen-bond acceptors (Lipinski definition) is 1. The molecule has 0 N–H and O–H groups in total. The van der Waals surface area contributed by atoms with E-state index >= 15 is 0 Å². The van der Waals surface area contributed by atoms with Crippen molar-refractivity contribution in [2.75, 3.05) is 13.6 Å². The Labute approximate surface area is 216 Å². The van der Waals surface area contributed by atoms with E-state index in [0.717, 1.165) is 6.54 Å². The van der Waals surface area contributed by atoms with E-state index in [4.69, 9.17) is 0 Å². The van der Waals surface area contributed by atoms with Crippen molar-refractivity contribution in [3.63, 3.8) is 0 Å². The molecule has 2 aromatic rings. The van der Waals surface area contributed by atoms with Crippen LogP contribution in [0.3, 0.4) is 0 Å². The summed E-state index contributed by atoms with van der Waals surface area (Å²) >= 11 is -0.868. The maximum atomic E-state index is 2.49. The van der Waals surface area contributed by atoms with Gasteiger partial charge in [0, 0.05) is 0 Å². The summed E-state index contributed by atoms with van der Waals surface area (Å²) in [6.07, 6.45) is 7.45. The van der Waals surface area contributed by atoms with Crippen molar-refractivity contribution >= 4 is 6.08 Å². The Balaban J connectivity index is 0.00000144. The van der Waals surface area contributed by atoms with Crippen LogP contribution in [-0.2, 0) is 23.2 Å². The fourth-order valence-electron chi connectivity index (χ4n) is 5.07. The molecule has 2 aromatic carbocycles. The van der Waals surface area contributed by atoms with E-state index in [1.807, 2.05) is 0 Å². The van der Waals surface area contributed by atoms with Gasteiger partial charge in [-0.1, -0.05) is 0 Å². The normalized spacial score (nSPS) is 18.4. The summed E-state index contributed by atoms with van der Waals surface area (Å²) < 4.78 is 2.37. The summed E-state index contributed by atoms with van der Waals surface area (Å²) in [6, 6.07) is 15.6. The molecule has 0 spiro atoms. The molecule has 0 radical (unpaired) electrons. The number of hydrogen-bond donors (Lipinski definition) is 0. The van der Waals surface area contributed by atoms with Crippen LogP contribution in [0.15, 0.2) is 80.3 Å². The van der Waals surface area contributed by atoms with Gasteiger partial charge in [-0.25, -0.2) is 0 Å². The van der Waals surface area contributed by atoms with Crippen LogP contribution in [0.2, 0.25) is 0 Å². The smallest absolute Gasteiger partial charge is 1.00 e. The summed E-state index contributed by atoms with van der Waals surface area (Å²) in [5, 5.41) is 0. The van der Waals surface area contributed by atoms with Crippen LogP contribution in [0, 0.1) is 12.8 Å². The number of halogens is 2. The minimum atomic E-state index is -0.868. The van der Waals surface area contributed by atoms with Gasteiger partial charge in [0.05, 0.1) is 0 Å². The third-order valence-electron chi connectivity index (χ3n) is 6.72. The topological polar surface area (TPSA) is 3.24 Å². The number of nitrogens with zero attached hydrogens (tertiary/aromatic N) is 1. The van der Waals surface area contributed by atoms with Crippen molar-refractivity contribution < 1.29 is 48.0 Å². The second-order valence-corrected chi connectivity index (χ2v) is 12.5. The van der Waals surface area contributed by atoms with Gasteiger partial charge < -0.3 is 24.8 Å². The zero-order valence-electron chi connectivity index (χ0n) is 19.3. The van der Waals surface area contributed by atoms with Gasteiger partial charge in [-0.3, -0.25) is 0 Å². The summed E-state index contributed by atoms with van der Waals surface area (Å²) in [4.78, 5) is 2.41. The molecule has 0 bridgehead atoms. The Morgan fingerprint density at radius 2 is 1.69 bits per heavy atom. The number of benzene rings is 2. The predicted molar refractivity (Wildman–Crippen MR) is 124 cm³/mol. The van der Waals surface area contributed by atoms with Gasteiger partial charge in [-0.05, 0) is 0 Å². The third kappa shape index (κ3) is 4.15. The Hall–Kier alpha value is -1.34. The van der Waals surface area contributed by atoms with Gasteiger partial charge in [0.15, 0.2) is 0 Å². The SMILES string of the molecule is CC1=Cc2c(-c3ccccc3)ccc(C)c2[CH]1[Zr+2][C]1=C(C(C)C)C=C2C1=CCN2C.[Cl-].[Cl-]. The number of aryl methyl sites for hydroxylation is 1. The monoisotopic (exact) mass is 539 g/mol. The molecule has 1 aliphatic heterocycles. The van der Waals surface area contributed by atoms with Crippen LogP contribution < -0.4 is 24.8 Å². The minimum Gasteiger partial charge on any atom is -1.00 e. The van der Waals surface area contributed by atoms with Crippen LogP contribution in [0.4, 0.5) is 0 Å². The molecule has 0 amide bonds. The number of fused-ring (bicyclic) bond motifs is 2. The Morgan fingerprint density at radius 1 is 0.969 bits per heavy atom. The Kier molecular flexibility index (Phi) is 7.81. The van der Waals surface area contributed by atoms with Crippen molar-refractivity contribution in [3.8, 4) is 11.1 Å². The fourth-order valence-corrected chi connectivity index (χ4v) is 10.1. The third-order valence-corrected chi connectivity index (χ3v) is 11.3. The number of allylic oxidation sites excluding steroid dienone is 4. The maximum absolute atomic E-state index is 2.49. The summed E-state index contributed by atoms with van der Waals surface area (Å²) in [5.74, 6) is 0.593. The van der Waals surface area contributed by atoms with Crippen molar-refractivity contribution in [2.24, 2.45) is 5.92 Å². The molecule has 5 rings (SSSR count). The molecule has 3 aliphatic rings. The summed E-state index contributed by atoms with van der Waals surface area (Å²) in [5.41, 5.74) is 13.5. The van der Waals surface area contributed by atoms with E-state index in [0.29, 0.717) is 9.54 Å². The number of likely N-dealkylation sites (N-methyl/N-ethyl adjacent to an activating group) is 1. The molecule has 1 atom stereocenters. The molecule has 0 aromatic heterocycles. The van der Waals surface area contributed by atoms with E-state index in [2.05, 4.69) is 100 Å². The predicted octanol–water partition coefficient (Wildman–Crippen LogP) is 0.890. The quantitative estimate of drug-likeness (QED) is 0.556. The van der Waals surface area contributed by atoms with Crippen LogP contribution >= 0.6 is 0 Å². The fraction of sp³-hybridized carbons (Fsp3) is 0.286. The molecule has 0 saturated heterocycles. The van der Waals surface area contributed by atoms with Gasteiger partial charge in [0.25, 0.3) is 0 Å². The molecule has 2 aliphatic carbocycles. The molecule has 32 heavy (non-hydrogen) atoms. The average Bonchev–Trinajstić information content (AvgIpc) is 3.38. The van der Waals surface area contributed by atoms with Crippen LogP contribution in [0.1, 0.15) is 41.1 Å². The van der Waals surface area contributed by atoms with Gasteiger partial charge in [-0.2, -0.15) is 0 Å². The molecule has 0 saturated carbocycles. The molecule has 4 heteroatoms. The van der Waals surface area contributed by atoms with E-state index < -0.39 is 23.2 Å². The van der Waals surface area contributed by atoms with Gasteiger partial charge in [0.1, 0.15) is 0 Å². The molecule has 164 valence electrons. The van der Waals surface area contributed by atoms with Crippen molar-refractivity contribution in [2.45, 2.75) is 31.3 Å². The summed E-state index contributed by atoms with van der Waals surface area (Å²) in [7, 11) is 2.23. The minimum absolute atomic E-state index is 0. The largest absolute Gasteiger partial charge is 1.00 e. The zero-order chi connectivity index (χ0) is 21.0. The molecule has 1 heterocycles. The molecule has 1 nitrogen and oxygen atoms in total. The first-order valence-corrected chi connectivity index (χ1v) is 13.6.